The zero-order valence-corrected chi connectivity index (χ0v) is 13.3. The molecule has 20 heavy (non-hydrogen) atoms. The minimum atomic E-state index is -0.482. The molecule has 106 valence electrons. The summed E-state index contributed by atoms with van der Waals surface area (Å²) in [7, 11) is 1.79. The van der Waals surface area contributed by atoms with E-state index in [9.17, 15) is 4.79 Å². The maximum atomic E-state index is 12.0. The summed E-state index contributed by atoms with van der Waals surface area (Å²) in [5.74, 6) is -0.482. The number of nitrogens with zero attached hydrogens (tertiary/aromatic N) is 2. The van der Waals surface area contributed by atoms with Gasteiger partial charge in [-0.2, -0.15) is 5.10 Å². The van der Waals surface area contributed by atoms with Crippen LogP contribution in [0.1, 0.15) is 21.7 Å². The highest BCUT2D eigenvalue weighted by molar-refractivity contribution is 9.10. The average Bonchev–Trinajstić information content (AvgIpc) is 2.60. The fourth-order valence-corrected chi connectivity index (χ4v) is 2.48. The van der Waals surface area contributed by atoms with Crippen LogP contribution in [0.25, 0.3) is 0 Å². The third kappa shape index (κ3) is 3.13. The Morgan fingerprint density at radius 2 is 2.20 bits per heavy atom. The zero-order chi connectivity index (χ0) is 14.9. The largest absolute Gasteiger partial charge is 0.456 e. The lowest BCUT2D eigenvalue weighted by Gasteiger charge is -2.07. The third-order valence-electron chi connectivity index (χ3n) is 2.76. The monoisotopic (exact) mass is 357 g/mol. The summed E-state index contributed by atoms with van der Waals surface area (Å²) in [5, 5.41) is 4.62. The van der Waals surface area contributed by atoms with E-state index in [0.717, 1.165) is 15.9 Å². The number of esters is 1. The molecule has 2 aromatic rings. The predicted molar refractivity (Wildman–Crippen MR) is 80.6 cm³/mol. The van der Waals surface area contributed by atoms with Gasteiger partial charge in [0.1, 0.15) is 6.61 Å². The molecule has 0 aliphatic rings. The SMILES string of the molecule is Cc1nn(C)c(COC(=O)c2cc(N)cc(Cl)c2)c1Br. The number of aryl methyl sites for hydroxylation is 2. The molecule has 5 nitrogen and oxygen atoms in total. The van der Waals surface area contributed by atoms with Crippen LogP contribution in [0.15, 0.2) is 22.7 Å². The van der Waals surface area contributed by atoms with Crippen molar-refractivity contribution < 1.29 is 9.53 Å². The van der Waals surface area contributed by atoms with Gasteiger partial charge < -0.3 is 10.5 Å². The molecule has 0 saturated carbocycles. The minimum absolute atomic E-state index is 0.114. The van der Waals surface area contributed by atoms with Gasteiger partial charge in [0.05, 0.1) is 21.4 Å². The average molecular weight is 359 g/mol. The number of ether oxygens (including phenoxy) is 1. The Morgan fingerprint density at radius 3 is 2.75 bits per heavy atom. The van der Waals surface area contributed by atoms with Gasteiger partial charge in [-0.1, -0.05) is 11.6 Å². The molecule has 7 heteroatoms. The van der Waals surface area contributed by atoms with E-state index in [0.29, 0.717) is 16.3 Å². The van der Waals surface area contributed by atoms with Crippen LogP contribution in [0.5, 0.6) is 0 Å². The fourth-order valence-electron chi connectivity index (χ4n) is 1.78. The Morgan fingerprint density at radius 1 is 1.50 bits per heavy atom. The molecule has 0 unspecified atom stereocenters. The maximum absolute atomic E-state index is 12.0. The van der Waals surface area contributed by atoms with Crippen molar-refractivity contribution in [2.45, 2.75) is 13.5 Å². The highest BCUT2D eigenvalue weighted by atomic mass is 79.9. The summed E-state index contributed by atoms with van der Waals surface area (Å²) in [6, 6.07) is 4.61. The first-order chi connectivity index (χ1) is 9.38. The second-order valence-corrected chi connectivity index (χ2v) is 5.55. The molecule has 0 radical (unpaired) electrons. The molecular weight excluding hydrogens is 346 g/mol. The maximum Gasteiger partial charge on any atom is 0.338 e. The quantitative estimate of drug-likeness (QED) is 0.676. The number of carbonyl (C=O) groups excluding carboxylic acids is 1. The molecule has 0 fully saturated rings. The number of anilines is 1. The zero-order valence-electron chi connectivity index (χ0n) is 11.0. The first-order valence-electron chi connectivity index (χ1n) is 5.79. The van der Waals surface area contributed by atoms with E-state index < -0.39 is 5.97 Å². The van der Waals surface area contributed by atoms with Gasteiger partial charge in [0.25, 0.3) is 0 Å². The molecule has 0 spiro atoms. The summed E-state index contributed by atoms with van der Waals surface area (Å²) in [6.07, 6.45) is 0. The topological polar surface area (TPSA) is 70.1 Å². The first kappa shape index (κ1) is 14.9. The Kier molecular flexibility index (Phi) is 4.35. The standard InChI is InChI=1S/C13H13BrClN3O2/c1-7-12(14)11(18(2)17-7)6-20-13(19)8-3-9(15)5-10(16)4-8/h3-5H,6,16H2,1-2H3. The summed E-state index contributed by atoms with van der Waals surface area (Å²) in [4.78, 5) is 12.0. The summed E-state index contributed by atoms with van der Waals surface area (Å²) in [5.41, 5.74) is 8.01. The Labute approximate surface area is 129 Å². The predicted octanol–water partition coefficient (Wildman–Crippen LogP) is 3.08. The first-order valence-corrected chi connectivity index (χ1v) is 6.96. The van der Waals surface area contributed by atoms with E-state index in [1.54, 1.807) is 17.8 Å². The molecule has 2 rings (SSSR count). The van der Waals surface area contributed by atoms with E-state index in [1.807, 2.05) is 6.92 Å². The van der Waals surface area contributed by atoms with Crippen molar-refractivity contribution in [3.8, 4) is 0 Å². The Bertz CT molecular complexity index is 650. The fraction of sp³-hybridized carbons (Fsp3) is 0.231. The molecular formula is C13H13BrClN3O2. The van der Waals surface area contributed by atoms with Gasteiger partial charge in [-0.3, -0.25) is 4.68 Å². The number of halogens is 2. The van der Waals surface area contributed by atoms with Crippen molar-refractivity contribution >= 4 is 39.2 Å². The second kappa shape index (κ2) is 5.85. The van der Waals surface area contributed by atoms with Crippen molar-refractivity contribution in [1.29, 1.82) is 0 Å². The van der Waals surface area contributed by atoms with Crippen LogP contribution >= 0.6 is 27.5 Å². The molecule has 0 aliphatic carbocycles. The molecule has 0 amide bonds. The second-order valence-electron chi connectivity index (χ2n) is 4.32. The number of hydrogen-bond acceptors (Lipinski definition) is 4. The van der Waals surface area contributed by atoms with E-state index in [-0.39, 0.29) is 6.61 Å². The summed E-state index contributed by atoms with van der Waals surface area (Å²) in [6.45, 7) is 1.98. The number of rotatable bonds is 3. The van der Waals surface area contributed by atoms with Gasteiger partial charge in [0.15, 0.2) is 0 Å². The number of hydrogen-bond donors (Lipinski definition) is 1. The van der Waals surface area contributed by atoms with Crippen molar-refractivity contribution in [3.63, 3.8) is 0 Å². The molecule has 0 aliphatic heterocycles. The number of nitrogens with two attached hydrogens (primary N) is 1. The van der Waals surface area contributed by atoms with E-state index in [2.05, 4.69) is 21.0 Å². The lowest BCUT2D eigenvalue weighted by Crippen LogP contribution is -2.09. The Balaban J connectivity index is 2.12. The van der Waals surface area contributed by atoms with Gasteiger partial charge in [0, 0.05) is 17.8 Å². The van der Waals surface area contributed by atoms with E-state index in [4.69, 9.17) is 22.1 Å². The lowest BCUT2D eigenvalue weighted by atomic mass is 10.2. The van der Waals surface area contributed by atoms with Crippen molar-refractivity contribution in [2.75, 3.05) is 5.73 Å². The summed E-state index contributed by atoms with van der Waals surface area (Å²) >= 11 is 9.27. The van der Waals surface area contributed by atoms with E-state index in [1.165, 1.54) is 12.1 Å². The summed E-state index contributed by atoms with van der Waals surface area (Å²) < 4.78 is 7.75. The number of benzene rings is 1. The molecule has 1 heterocycles. The minimum Gasteiger partial charge on any atom is -0.456 e. The van der Waals surface area contributed by atoms with Crippen LogP contribution < -0.4 is 5.73 Å². The Hall–Kier alpha value is -1.53. The van der Waals surface area contributed by atoms with E-state index >= 15 is 0 Å². The van der Waals surface area contributed by atoms with Gasteiger partial charge in [0.2, 0.25) is 0 Å². The highest BCUT2D eigenvalue weighted by Gasteiger charge is 2.14. The molecule has 0 atom stereocenters. The van der Waals surface area contributed by atoms with Gasteiger partial charge in [-0.05, 0) is 41.1 Å². The van der Waals surface area contributed by atoms with Crippen LogP contribution in [-0.4, -0.2) is 15.7 Å². The molecule has 1 aromatic carbocycles. The van der Waals surface area contributed by atoms with Crippen molar-refractivity contribution in [2.24, 2.45) is 7.05 Å². The van der Waals surface area contributed by atoms with Gasteiger partial charge in [-0.15, -0.1) is 0 Å². The van der Waals surface area contributed by atoms with Crippen molar-refractivity contribution in [1.82, 2.24) is 9.78 Å². The molecule has 0 saturated heterocycles. The molecule has 2 N–H and O–H groups in total. The smallest absolute Gasteiger partial charge is 0.338 e. The third-order valence-corrected chi connectivity index (χ3v) is 4.01. The van der Waals surface area contributed by atoms with Crippen LogP contribution in [-0.2, 0) is 18.4 Å². The van der Waals surface area contributed by atoms with Gasteiger partial charge >= 0.3 is 5.97 Å². The number of carbonyl (C=O) groups is 1. The molecule has 1 aromatic heterocycles. The van der Waals surface area contributed by atoms with Crippen LogP contribution in [0.2, 0.25) is 5.02 Å². The van der Waals surface area contributed by atoms with Crippen LogP contribution in [0, 0.1) is 6.92 Å². The van der Waals surface area contributed by atoms with Crippen LogP contribution in [0.3, 0.4) is 0 Å². The van der Waals surface area contributed by atoms with Gasteiger partial charge in [-0.25, -0.2) is 4.79 Å². The number of nitrogen functional groups attached to an aromatic ring is 1. The number of aromatic nitrogens is 2. The highest BCUT2D eigenvalue weighted by Crippen LogP contribution is 2.22. The molecule has 0 bridgehead atoms. The normalized spacial score (nSPS) is 10.6. The lowest BCUT2D eigenvalue weighted by molar-refractivity contribution is 0.0462. The van der Waals surface area contributed by atoms with Crippen molar-refractivity contribution in [3.05, 3.63) is 44.6 Å². The van der Waals surface area contributed by atoms with Crippen LogP contribution in [0.4, 0.5) is 5.69 Å².